The van der Waals surface area contributed by atoms with Crippen LogP contribution in [0.1, 0.15) is 17.4 Å². The molecule has 6 heteroatoms. The van der Waals surface area contributed by atoms with E-state index < -0.39 is 0 Å². The molecule has 0 fully saturated rings. The second kappa shape index (κ2) is 6.02. The maximum absolute atomic E-state index is 12.8. The first-order chi connectivity index (χ1) is 11.2. The van der Waals surface area contributed by atoms with Crippen molar-refractivity contribution in [2.75, 3.05) is 6.54 Å². The molecule has 118 valence electrons. The SMILES string of the molecule is C[C@H](Sc1ncc2ccccn12)C(=O)N1CCc2sccc2C1. The Morgan fingerprint density at radius 3 is 3.22 bits per heavy atom. The van der Waals surface area contributed by atoms with E-state index in [1.165, 1.54) is 22.2 Å². The number of fused-ring (bicyclic) bond motifs is 2. The van der Waals surface area contributed by atoms with Gasteiger partial charge in [0.1, 0.15) is 0 Å². The third-order valence-corrected chi connectivity index (χ3v) is 6.25. The van der Waals surface area contributed by atoms with Crippen LogP contribution in [0.4, 0.5) is 0 Å². The third-order valence-electron chi connectivity index (χ3n) is 4.15. The summed E-state index contributed by atoms with van der Waals surface area (Å²) < 4.78 is 2.03. The highest BCUT2D eigenvalue weighted by atomic mass is 32.2. The number of rotatable bonds is 3. The number of carbonyl (C=O) groups is 1. The van der Waals surface area contributed by atoms with E-state index in [0.717, 1.165) is 30.2 Å². The van der Waals surface area contributed by atoms with Gasteiger partial charge in [-0.05, 0) is 42.5 Å². The summed E-state index contributed by atoms with van der Waals surface area (Å²) in [5.74, 6) is 0.194. The maximum atomic E-state index is 12.8. The molecule has 1 aliphatic rings. The van der Waals surface area contributed by atoms with Crippen LogP contribution in [0.15, 0.2) is 47.2 Å². The van der Waals surface area contributed by atoms with Crippen molar-refractivity contribution in [2.24, 2.45) is 0 Å². The molecule has 1 amide bonds. The Labute approximate surface area is 143 Å². The number of imidazole rings is 1. The van der Waals surface area contributed by atoms with Crippen LogP contribution in [0.25, 0.3) is 5.52 Å². The van der Waals surface area contributed by atoms with Gasteiger partial charge in [0.05, 0.1) is 17.0 Å². The zero-order valence-corrected chi connectivity index (χ0v) is 14.4. The van der Waals surface area contributed by atoms with Gasteiger partial charge in [0.15, 0.2) is 5.16 Å². The molecule has 3 aromatic rings. The molecule has 0 unspecified atom stereocenters. The van der Waals surface area contributed by atoms with Crippen LogP contribution in [0, 0.1) is 0 Å². The van der Waals surface area contributed by atoms with E-state index in [1.54, 1.807) is 11.3 Å². The number of amides is 1. The second-order valence-electron chi connectivity index (χ2n) is 5.68. The molecular weight excluding hydrogens is 326 g/mol. The predicted molar refractivity (Wildman–Crippen MR) is 94.0 cm³/mol. The average Bonchev–Trinajstić information content (AvgIpc) is 3.20. The van der Waals surface area contributed by atoms with Gasteiger partial charge in [0.25, 0.3) is 0 Å². The molecule has 0 saturated heterocycles. The lowest BCUT2D eigenvalue weighted by molar-refractivity contribution is -0.131. The number of nitrogens with zero attached hydrogens (tertiary/aromatic N) is 3. The van der Waals surface area contributed by atoms with Gasteiger partial charge in [0, 0.05) is 24.2 Å². The van der Waals surface area contributed by atoms with Gasteiger partial charge in [-0.25, -0.2) is 4.98 Å². The minimum absolute atomic E-state index is 0.138. The molecule has 23 heavy (non-hydrogen) atoms. The largest absolute Gasteiger partial charge is 0.337 e. The average molecular weight is 343 g/mol. The number of hydrogen-bond donors (Lipinski definition) is 0. The zero-order valence-electron chi connectivity index (χ0n) is 12.8. The lowest BCUT2D eigenvalue weighted by atomic mass is 10.1. The van der Waals surface area contributed by atoms with E-state index in [4.69, 9.17) is 0 Å². The number of thioether (sulfide) groups is 1. The zero-order chi connectivity index (χ0) is 15.8. The Bertz CT molecular complexity index is 854. The first-order valence-electron chi connectivity index (χ1n) is 7.65. The van der Waals surface area contributed by atoms with Crippen molar-refractivity contribution >= 4 is 34.5 Å². The summed E-state index contributed by atoms with van der Waals surface area (Å²) in [6.45, 7) is 3.53. The van der Waals surface area contributed by atoms with E-state index in [1.807, 2.05) is 46.8 Å². The summed E-state index contributed by atoms with van der Waals surface area (Å²) in [7, 11) is 0. The highest BCUT2D eigenvalue weighted by Gasteiger charge is 2.26. The van der Waals surface area contributed by atoms with Crippen molar-refractivity contribution < 1.29 is 4.79 Å². The molecule has 4 heterocycles. The monoisotopic (exact) mass is 343 g/mol. The van der Waals surface area contributed by atoms with Crippen LogP contribution in [0.5, 0.6) is 0 Å². The van der Waals surface area contributed by atoms with Crippen molar-refractivity contribution in [2.45, 2.75) is 30.3 Å². The van der Waals surface area contributed by atoms with Gasteiger partial charge >= 0.3 is 0 Å². The van der Waals surface area contributed by atoms with Crippen LogP contribution in [0.2, 0.25) is 0 Å². The first kappa shape index (κ1) is 14.8. The molecule has 0 saturated carbocycles. The van der Waals surface area contributed by atoms with E-state index in [0.29, 0.717) is 0 Å². The quantitative estimate of drug-likeness (QED) is 0.684. The topological polar surface area (TPSA) is 37.6 Å². The summed E-state index contributed by atoms with van der Waals surface area (Å²) >= 11 is 3.32. The van der Waals surface area contributed by atoms with Crippen molar-refractivity contribution in [3.8, 4) is 0 Å². The van der Waals surface area contributed by atoms with Gasteiger partial charge < -0.3 is 4.90 Å². The summed E-state index contributed by atoms with van der Waals surface area (Å²) in [5, 5.41) is 2.85. The molecular formula is C17H17N3OS2. The molecule has 3 aromatic heterocycles. The number of carbonyl (C=O) groups excluding carboxylic acids is 1. The molecule has 0 N–H and O–H groups in total. The Morgan fingerprint density at radius 1 is 1.39 bits per heavy atom. The Kier molecular flexibility index (Phi) is 3.87. The summed E-state index contributed by atoms with van der Waals surface area (Å²) in [4.78, 5) is 20.6. The minimum Gasteiger partial charge on any atom is -0.337 e. The molecule has 1 aliphatic heterocycles. The van der Waals surface area contributed by atoms with E-state index in [2.05, 4.69) is 16.4 Å². The molecule has 0 aromatic carbocycles. The first-order valence-corrected chi connectivity index (χ1v) is 9.41. The summed E-state index contributed by atoms with van der Waals surface area (Å²) in [6.07, 6.45) is 4.81. The van der Waals surface area contributed by atoms with Crippen LogP contribution >= 0.6 is 23.1 Å². The Morgan fingerprint density at radius 2 is 2.30 bits per heavy atom. The van der Waals surface area contributed by atoms with E-state index in [-0.39, 0.29) is 11.2 Å². The van der Waals surface area contributed by atoms with Crippen LogP contribution in [0.3, 0.4) is 0 Å². The fourth-order valence-electron chi connectivity index (χ4n) is 2.91. The van der Waals surface area contributed by atoms with Crippen LogP contribution in [-0.4, -0.2) is 32.0 Å². The van der Waals surface area contributed by atoms with Gasteiger partial charge in [0.2, 0.25) is 5.91 Å². The van der Waals surface area contributed by atoms with E-state index >= 15 is 0 Å². The molecule has 4 nitrogen and oxygen atoms in total. The summed E-state index contributed by atoms with van der Waals surface area (Å²) in [6, 6.07) is 8.13. The Balaban J connectivity index is 1.49. The van der Waals surface area contributed by atoms with Crippen LogP contribution < -0.4 is 0 Å². The smallest absolute Gasteiger partial charge is 0.236 e. The van der Waals surface area contributed by atoms with Crippen LogP contribution in [-0.2, 0) is 17.8 Å². The number of aromatic nitrogens is 2. The standard InChI is InChI=1S/C17H17N3OS2/c1-12(23-17-18-10-14-4-2-3-7-20(14)17)16(21)19-8-5-15-13(11-19)6-9-22-15/h2-4,6-7,9-10,12H,5,8,11H2,1H3/t12-/m0/s1. The lowest BCUT2D eigenvalue weighted by Crippen LogP contribution is -2.39. The fourth-order valence-corrected chi connectivity index (χ4v) is 4.76. The van der Waals surface area contributed by atoms with Crippen molar-refractivity contribution in [3.63, 3.8) is 0 Å². The predicted octanol–water partition coefficient (Wildman–Crippen LogP) is 3.46. The van der Waals surface area contributed by atoms with Gasteiger partial charge in [-0.15, -0.1) is 11.3 Å². The molecule has 0 spiro atoms. The van der Waals surface area contributed by atoms with Gasteiger partial charge in [-0.2, -0.15) is 0 Å². The fraction of sp³-hybridized carbons (Fsp3) is 0.294. The maximum Gasteiger partial charge on any atom is 0.236 e. The molecule has 0 radical (unpaired) electrons. The number of thiophene rings is 1. The third kappa shape index (κ3) is 2.77. The lowest BCUT2D eigenvalue weighted by Gasteiger charge is -2.29. The number of pyridine rings is 1. The molecule has 4 rings (SSSR count). The Hall–Kier alpha value is -1.79. The van der Waals surface area contributed by atoms with Gasteiger partial charge in [-0.3, -0.25) is 9.20 Å². The van der Waals surface area contributed by atoms with Crippen molar-refractivity contribution in [3.05, 3.63) is 52.5 Å². The molecule has 0 aliphatic carbocycles. The number of hydrogen-bond acceptors (Lipinski definition) is 4. The molecule has 0 bridgehead atoms. The minimum atomic E-state index is -0.138. The summed E-state index contributed by atoms with van der Waals surface area (Å²) in [5.41, 5.74) is 2.36. The highest BCUT2D eigenvalue weighted by molar-refractivity contribution is 8.00. The van der Waals surface area contributed by atoms with Crippen molar-refractivity contribution in [1.82, 2.24) is 14.3 Å². The van der Waals surface area contributed by atoms with E-state index in [9.17, 15) is 4.79 Å². The van der Waals surface area contributed by atoms with Gasteiger partial charge in [-0.1, -0.05) is 17.8 Å². The normalized spacial score (nSPS) is 15.6. The second-order valence-corrected chi connectivity index (χ2v) is 7.98. The highest BCUT2D eigenvalue weighted by Crippen LogP contribution is 2.28. The van der Waals surface area contributed by atoms with Crippen molar-refractivity contribution in [1.29, 1.82) is 0 Å². The molecule has 1 atom stereocenters.